The van der Waals surface area contributed by atoms with E-state index in [1.54, 1.807) is 24.3 Å². The van der Waals surface area contributed by atoms with Gasteiger partial charge in [-0.05, 0) is 12.1 Å². The lowest BCUT2D eigenvalue weighted by Gasteiger charge is -2.17. The van der Waals surface area contributed by atoms with Crippen molar-refractivity contribution >= 4 is 33.5 Å². The van der Waals surface area contributed by atoms with Gasteiger partial charge < -0.3 is 11.5 Å². The number of carbonyl (C=O) groups excluding carboxylic acids is 3. The lowest BCUT2D eigenvalue weighted by atomic mass is 10.1. The summed E-state index contributed by atoms with van der Waals surface area (Å²) in [6.45, 7) is -0.468. The van der Waals surface area contributed by atoms with Crippen LogP contribution in [-0.4, -0.2) is 42.1 Å². The highest BCUT2D eigenvalue weighted by Gasteiger charge is 2.16. The van der Waals surface area contributed by atoms with Gasteiger partial charge in [0, 0.05) is 10.0 Å². The van der Waals surface area contributed by atoms with Gasteiger partial charge in [0.05, 0.1) is 19.6 Å². The van der Waals surface area contributed by atoms with E-state index in [4.69, 9.17) is 11.5 Å². The maximum absolute atomic E-state index is 12.0. The van der Waals surface area contributed by atoms with Crippen molar-refractivity contribution in [3.63, 3.8) is 0 Å². The van der Waals surface area contributed by atoms with Gasteiger partial charge in [0.25, 0.3) is 0 Å². The normalized spacial score (nSPS) is 10.4. The Balaban J connectivity index is 2.72. The van der Waals surface area contributed by atoms with Crippen molar-refractivity contribution in [3.8, 4) is 0 Å². The molecule has 0 unspecified atom stereocenters. The summed E-state index contributed by atoms with van der Waals surface area (Å²) < 4.78 is 0.857. The fourth-order valence-corrected chi connectivity index (χ4v) is 1.80. The zero-order valence-corrected chi connectivity index (χ0v) is 11.7. The van der Waals surface area contributed by atoms with Gasteiger partial charge in [-0.2, -0.15) is 0 Å². The highest BCUT2D eigenvalue weighted by Crippen LogP contribution is 2.11. The number of primary amides is 2. The molecule has 0 spiro atoms. The van der Waals surface area contributed by atoms with Gasteiger partial charge in [-0.15, -0.1) is 0 Å². The highest BCUT2D eigenvalue weighted by atomic mass is 79.9. The Hall–Kier alpha value is -1.73. The van der Waals surface area contributed by atoms with Crippen LogP contribution >= 0.6 is 15.9 Å². The fourth-order valence-electron chi connectivity index (χ4n) is 1.54. The number of nitrogens with two attached hydrogens (primary N) is 2. The number of Topliss-reactive ketones (excluding diaryl/α,β-unsaturated/α-hetero) is 1. The van der Waals surface area contributed by atoms with Gasteiger partial charge in [0.1, 0.15) is 0 Å². The van der Waals surface area contributed by atoms with E-state index >= 15 is 0 Å². The largest absolute Gasteiger partial charge is 0.369 e. The van der Waals surface area contributed by atoms with Crippen LogP contribution in [0.25, 0.3) is 0 Å². The summed E-state index contributed by atoms with van der Waals surface area (Å²) in [7, 11) is 0. The molecule has 1 aromatic carbocycles. The van der Waals surface area contributed by atoms with Crippen LogP contribution in [0, 0.1) is 0 Å². The van der Waals surface area contributed by atoms with Crippen LogP contribution in [0.15, 0.2) is 28.7 Å². The summed E-state index contributed by atoms with van der Waals surface area (Å²) in [6.07, 6.45) is 0. The van der Waals surface area contributed by atoms with Gasteiger partial charge in [-0.25, -0.2) is 0 Å². The Kier molecular flexibility index (Phi) is 5.65. The van der Waals surface area contributed by atoms with E-state index in [9.17, 15) is 14.4 Å². The number of rotatable bonds is 7. The van der Waals surface area contributed by atoms with Crippen molar-refractivity contribution < 1.29 is 14.4 Å². The van der Waals surface area contributed by atoms with E-state index in [1.807, 2.05) is 0 Å². The quantitative estimate of drug-likeness (QED) is 0.682. The van der Waals surface area contributed by atoms with Crippen LogP contribution in [0.2, 0.25) is 0 Å². The van der Waals surface area contributed by atoms with Gasteiger partial charge in [0.15, 0.2) is 5.78 Å². The minimum atomic E-state index is -0.621. The zero-order valence-electron chi connectivity index (χ0n) is 10.1. The average molecular weight is 328 g/mol. The maximum Gasteiger partial charge on any atom is 0.231 e. The molecule has 0 aliphatic rings. The molecular formula is C12H14BrN3O3. The number of carbonyl (C=O) groups is 3. The van der Waals surface area contributed by atoms with Crippen LogP contribution in [-0.2, 0) is 9.59 Å². The van der Waals surface area contributed by atoms with Crippen LogP contribution < -0.4 is 11.5 Å². The fraction of sp³-hybridized carbons (Fsp3) is 0.250. The van der Waals surface area contributed by atoms with E-state index in [0.29, 0.717) is 5.56 Å². The predicted molar refractivity (Wildman–Crippen MR) is 73.3 cm³/mol. The van der Waals surface area contributed by atoms with Crippen molar-refractivity contribution in [1.29, 1.82) is 0 Å². The summed E-state index contributed by atoms with van der Waals surface area (Å²) in [6, 6.07) is 6.78. The van der Waals surface area contributed by atoms with Crippen LogP contribution in [0.5, 0.6) is 0 Å². The first-order chi connectivity index (χ1) is 8.88. The molecule has 4 N–H and O–H groups in total. The molecule has 6 nitrogen and oxygen atoms in total. The predicted octanol–water partition coefficient (Wildman–Crippen LogP) is -0.0956. The monoisotopic (exact) mass is 327 g/mol. The Morgan fingerprint density at radius 3 is 1.84 bits per heavy atom. The van der Waals surface area contributed by atoms with Crippen molar-refractivity contribution in [2.75, 3.05) is 19.6 Å². The first-order valence-electron chi connectivity index (χ1n) is 5.46. The molecule has 0 saturated heterocycles. The second kappa shape index (κ2) is 7.01. The standard InChI is InChI=1S/C12H14BrN3O3/c13-9-3-1-8(2-4-9)10(17)5-16(6-11(14)18)7-12(15)19/h1-4H,5-7H2,(H2,14,18)(H2,15,19). The third kappa shape index (κ3) is 5.62. The Labute approximate surface area is 118 Å². The van der Waals surface area contributed by atoms with Crippen molar-refractivity contribution in [2.45, 2.75) is 0 Å². The highest BCUT2D eigenvalue weighted by molar-refractivity contribution is 9.10. The SMILES string of the molecule is NC(=O)CN(CC(N)=O)CC(=O)c1ccc(Br)cc1. The molecule has 0 atom stereocenters. The summed E-state index contributed by atoms with van der Waals surface area (Å²) in [5.74, 6) is -1.45. The van der Waals surface area contributed by atoms with Gasteiger partial charge in [0.2, 0.25) is 11.8 Å². The molecular weight excluding hydrogens is 314 g/mol. The molecule has 0 fully saturated rings. The Bertz CT molecular complexity index is 471. The molecule has 1 rings (SSSR count). The zero-order chi connectivity index (χ0) is 14.4. The molecule has 102 valence electrons. The topological polar surface area (TPSA) is 106 Å². The number of amides is 2. The van der Waals surface area contributed by atoms with Crippen molar-refractivity contribution in [1.82, 2.24) is 4.90 Å². The lowest BCUT2D eigenvalue weighted by Crippen LogP contribution is -2.42. The summed E-state index contributed by atoms with van der Waals surface area (Å²) in [4.78, 5) is 35.0. The van der Waals surface area contributed by atoms with E-state index in [1.165, 1.54) is 4.90 Å². The summed E-state index contributed by atoms with van der Waals surface area (Å²) in [5.41, 5.74) is 10.6. The molecule has 0 aliphatic carbocycles. The van der Waals surface area contributed by atoms with E-state index < -0.39 is 11.8 Å². The average Bonchev–Trinajstić information content (AvgIpc) is 2.27. The molecule has 1 aromatic rings. The molecule has 7 heteroatoms. The van der Waals surface area contributed by atoms with E-state index in [0.717, 1.165) is 4.47 Å². The summed E-state index contributed by atoms with van der Waals surface area (Å²) in [5, 5.41) is 0. The lowest BCUT2D eigenvalue weighted by molar-refractivity contribution is -0.121. The first-order valence-corrected chi connectivity index (χ1v) is 6.25. The molecule has 0 bridgehead atoms. The molecule has 19 heavy (non-hydrogen) atoms. The number of hydrogen-bond acceptors (Lipinski definition) is 4. The first kappa shape index (κ1) is 15.3. The Morgan fingerprint density at radius 2 is 1.42 bits per heavy atom. The van der Waals surface area contributed by atoms with Crippen molar-refractivity contribution in [3.05, 3.63) is 34.3 Å². The van der Waals surface area contributed by atoms with Gasteiger partial charge in [-0.3, -0.25) is 19.3 Å². The number of halogens is 1. The van der Waals surface area contributed by atoms with E-state index in [2.05, 4.69) is 15.9 Å². The number of benzene rings is 1. The van der Waals surface area contributed by atoms with Gasteiger partial charge in [-0.1, -0.05) is 28.1 Å². The summed E-state index contributed by atoms with van der Waals surface area (Å²) >= 11 is 3.27. The number of ketones is 1. The van der Waals surface area contributed by atoms with Gasteiger partial charge >= 0.3 is 0 Å². The smallest absolute Gasteiger partial charge is 0.231 e. The molecule has 0 aliphatic heterocycles. The third-order valence-corrected chi connectivity index (χ3v) is 2.82. The Morgan fingerprint density at radius 1 is 0.947 bits per heavy atom. The second-order valence-corrected chi connectivity index (χ2v) is 4.92. The minimum Gasteiger partial charge on any atom is -0.369 e. The van der Waals surface area contributed by atoms with E-state index in [-0.39, 0.29) is 25.4 Å². The number of nitrogens with zero attached hydrogens (tertiary/aromatic N) is 1. The molecule has 0 saturated carbocycles. The molecule has 0 radical (unpaired) electrons. The van der Waals surface area contributed by atoms with Crippen LogP contribution in [0.4, 0.5) is 0 Å². The van der Waals surface area contributed by atoms with Crippen molar-refractivity contribution in [2.24, 2.45) is 11.5 Å². The third-order valence-electron chi connectivity index (χ3n) is 2.29. The number of hydrogen-bond donors (Lipinski definition) is 2. The minimum absolute atomic E-state index is 0.0898. The molecule has 0 aromatic heterocycles. The molecule has 0 heterocycles. The maximum atomic E-state index is 12.0. The van der Waals surface area contributed by atoms with Crippen LogP contribution in [0.3, 0.4) is 0 Å². The second-order valence-electron chi connectivity index (χ2n) is 4.01. The molecule has 2 amide bonds. The van der Waals surface area contributed by atoms with Crippen LogP contribution in [0.1, 0.15) is 10.4 Å².